The molecule has 0 aliphatic rings. The van der Waals surface area contributed by atoms with E-state index in [-0.39, 0.29) is 0 Å². The number of hydrogen-bond donors (Lipinski definition) is 0. The number of benzene rings is 12. The lowest BCUT2D eigenvalue weighted by atomic mass is 9.86. The summed E-state index contributed by atoms with van der Waals surface area (Å²) in [6.07, 6.45) is 0. The van der Waals surface area contributed by atoms with Gasteiger partial charge in [-0.15, -0.1) is 0 Å². The predicted octanol–water partition coefficient (Wildman–Crippen LogP) is 15.0. The van der Waals surface area contributed by atoms with Gasteiger partial charge in [0.05, 0.1) is 0 Å². The third-order valence-corrected chi connectivity index (χ3v) is 12.1. The van der Waals surface area contributed by atoms with Crippen molar-refractivity contribution in [3.05, 3.63) is 170 Å². The zero-order valence-electron chi connectivity index (χ0n) is 28.6. The van der Waals surface area contributed by atoms with Gasteiger partial charge in [-0.2, -0.15) is 0 Å². The van der Waals surface area contributed by atoms with Gasteiger partial charge >= 0.3 is 0 Å². The highest BCUT2D eigenvalue weighted by Gasteiger charge is 2.21. The average molecular weight is 669 g/mol. The molecule has 0 unspecified atom stereocenters. The molecule has 0 fully saturated rings. The number of furan rings is 1. The van der Waals surface area contributed by atoms with Crippen LogP contribution in [0.15, 0.2) is 174 Å². The van der Waals surface area contributed by atoms with E-state index in [0.717, 1.165) is 21.9 Å². The van der Waals surface area contributed by atoms with E-state index in [1.54, 1.807) is 0 Å². The molecule has 0 saturated heterocycles. The smallest absolute Gasteiger partial charge is 0.143 e. The van der Waals surface area contributed by atoms with Crippen LogP contribution >= 0.6 is 0 Å². The summed E-state index contributed by atoms with van der Waals surface area (Å²) in [7, 11) is 0. The first-order valence-corrected chi connectivity index (χ1v) is 18.4. The first-order valence-electron chi connectivity index (χ1n) is 18.4. The SMILES string of the molecule is c1ccc2c(c1)ccc1oc3c4ccc(-c5ccc6ccc7cccc8ccc5c6c78)cc4c(-c4ccc5ccc6cccc7ccc4c5c67)cc3c12. The second kappa shape index (κ2) is 9.88. The van der Waals surface area contributed by atoms with E-state index < -0.39 is 0 Å². The van der Waals surface area contributed by atoms with Crippen molar-refractivity contribution < 1.29 is 4.42 Å². The molecule has 0 amide bonds. The van der Waals surface area contributed by atoms with Gasteiger partial charge in [-0.05, 0) is 127 Å². The minimum atomic E-state index is 0.920. The van der Waals surface area contributed by atoms with E-state index in [0.29, 0.717) is 0 Å². The van der Waals surface area contributed by atoms with Gasteiger partial charge in [-0.25, -0.2) is 0 Å². The van der Waals surface area contributed by atoms with E-state index in [1.165, 1.54) is 108 Å². The molecule has 12 aromatic carbocycles. The molecular weight excluding hydrogens is 641 g/mol. The maximum atomic E-state index is 6.84. The Morgan fingerprint density at radius 1 is 0.264 bits per heavy atom. The van der Waals surface area contributed by atoms with Crippen LogP contribution in [-0.2, 0) is 0 Å². The Balaban J connectivity index is 1.18. The van der Waals surface area contributed by atoms with Gasteiger partial charge in [-0.3, -0.25) is 0 Å². The lowest BCUT2D eigenvalue weighted by molar-refractivity contribution is 0.673. The average Bonchev–Trinajstić information content (AvgIpc) is 3.61. The maximum Gasteiger partial charge on any atom is 0.143 e. The molecule has 242 valence electrons. The van der Waals surface area contributed by atoms with Crippen LogP contribution in [0.1, 0.15) is 0 Å². The highest BCUT2D eigenvalue weighted by molar-refractivity contribution is 6.30. The Morgan fingerprint density at radius 2 is 0.792 bits per heavy atom. The molecule has 0 radical (unpaired) electrons. The molecule has 0 spiro atoms. The summed E-state index contributed by atoms with van der Waals surface area (Å²) in [4.78, 5) is 0. The molecule has 0 atom stereocenters. The summed E-state index contributed by atoms with van der Waals surface area (Å²) in [5.74, 6) is 0. The zero-order valence-corrected chi connectivity index (χ0v) is 28.6. The quantitative estimate of drug-likeness (QED) is 0.167. The summed E-state index contributed by atoms with van der Waals surface area (Å²) in [6, 6.07) is 63.2. The van der Waals surface area contributed by atoms with E-state index in [1.807, 2.05) is 0 Å². The van der Waals surface area contributed by atoms with E-state index in [4.69, 9.17) is 4.42 Å². The molecule has 13 rings (SSSR count). The van der Waals surface area contributed by atoms with Crippen LogP contribution in [0.2, 0.25) is 0 Å². The van der Waals surface area contributed by atoms with Crippen molar-refractivity contribution in [3.63, 3.8) is 0 Å². The third-order valence-electron chi connectivity index (χ3n) is 12.1. The summed E-state index contributed by atoms with van der Waals surface area (Å²) in [5.41, 5.74) is 6.77. The van der Waals surface area contributed by atoms with Gasteiger partial charge in [0.1, 0.15) is 11.2 Å². The largest absolute Gasteiger partial charge is 0.455 e. The number of rotatable bonds is 2. The number of fused-ring (bicyclic) bond motifs is 7. The fourth-order valence-electron chi connectivity index (χ4n) is 9.77. The summed E-state index contributed by atoms with van der Waals surface area (Å²) in [6.45, 7) is 0. The van der Waals surface area contributed by atoms with Crippen LogP contribution in [0.25, 0.3) is 130 Å². The van der Waals surface area contributed by atoms with Gasteiger partial charge in [0.15, 0.2) is 0 Å². The van der Waals surface area contributed by atoms with E-state index in [2.05, 4.69) is 170 Å². The molecule has 13 aromatic rings. The second-order valence-corrected chi connectivity index (χ2v) is 14.8. The van der Waals surface area contributed by atoms with Gasteiger partial charge < -0.3 is 4.42 Å². The Hall–Kier alpha value is -6.96. The van der Waals surface area contributed by atoms with E-state index >= 15 is 0 Å². The minimum absolute atomic E-state index is 0.920. The fraction of sp³-hybridized carbons (Fsp3) is 0. The third kappa shape index (κ3) is 3.61. The Kier molecular flexibility index (Phi) is 5.17. The molecule has 1 nitrogen and oxygen atoms in total. The number of hydrogen-bond acceptors (Lipinski definition) is 1. The van der Waals surface area contributed by atoms with Gasteiger partial charge in [-0.1, -0.05) is 146 Å². The van der Waals surface area contributed by atoms with Crippen molar-refractivity contribution in [2.45, 2.75) is 0 Å². The first-order chi connectivity index (χ1) is 26.3. The van der Waals surface area contributed by atoms with Crippen molar-refractivity contribution in [1.82, 2.24) is 0 Å². The first kappa shape index (κ1) is 27.7. The van der Waals surface area contributed by atoms with Crippen LogP contribution in [0, 0.1) is 0 Å². The zero-order chi connectivity index (χ0) is 34.4. The normalized spacial score (nSPS) is 12.5. The molecule has 0 saturated carbocycles. The molecule has 0 aliphatic heterocycles. The van der Waals surface area contributed by atoms with Crippen LogP contribution in [-0.4, -0.2) is 0 Å². The molecule has 1 heterocycles. The minimum Gasteiger partial charge on any atom is -0.455 e. The monoisotopic (exact) mass is 668 g/mol. The van der Waals surface area contributed by atoms with Gasteiger partial charge in [0, 0.05) is 16.2 Å². The van der Waals surface area contributed by atoms with Gasteiger partial charge in [0.2, 0.25) is 0 Å². The van der Waals surface area contributed by atoms with Crippen LogP contribution in [0.3, 0.4) is 0 Å². The lowest BCUT2D eigenvalue weighted by Gasteiger charge is -2.17. The Morgan fingerprint density at radius 3 is 1.49 bits per heavy atom. The highest BCUT2D eigenvalue weighted by Crippen LogP contribution is 2.47. The van der Waals surface area contributed by atoms with Crippen LogP contribution in [0.5, 0.6) is 0 Å². The highest BCUT2D eigenvalue weighted by atomic mass is 16.3. The van der Waals surface area contributed by atoms with Crippen LogP contribution in [0.4, 0.5) is 0 Å². The van der Waals surface area contributed by atoms with Gasteiger partial charge in [0.25, 0.3) is 0 Å². The van der Waals surface area contributed by atoms with Crippen LogP contribution < -0.4 is 0 Å². The molecule has 1 heteroatoms. The van der Waals surface area contributed by atoms with Crippen molar-refractivity contribution in [2.75, 3.05) is 0 Å². The van der Waals surface area contributed by atoms with Crippen molar-refractivity contribution in [3.8, 4) is 22.3 Å². The molecule has 0 bridgehead atoms. The maximum absolute atomic E-state index is 6.84. The molecular formula is C52H28O. The summed E-state index contributed by atoms with van der Waals surface area (Å²) in [5, 5.41) is 22.7. The van der Waals surface area contributed by atoms with Crippen molar-refractivity contribution in [1.29, 1.82) is 0 Å². The van der Waals surface area contributed by atoms with Crippen molar-refractivity contribution >= 4 is 108 Å². The Labute approximate surface area is 303 Å². The lowest BCUT2D eigenvalue weighted by Crippen LogP contribution is -1.90. The molecule has 53 heavy (non-hydrogen) atoms. The standard InChI is InChI=1S/C52H28O/c1-2-10-38-29(5-1)20-26-46-51(38)45-28-44(39-22-16-35-14-12-31-7-4-9-33-18-24-41(39)50(35)48(31)33)43-27-36(19-25-42(43)52(45)53-46)37-21-15-34-13-11-30-6-3-8-32-17-23-40(37)49(34)47(30)32/h1-28H. The topological polar surface area (TPSA) is 13.1 Å². The summed E-state index contributed by atoms with van der Waals surface area (Å²) >= 11 is 0. The summed E-state index contributed by atoms with van der Waals surface area (Å²) < 4.78 is 6.84. The predicted molar refractivity (Wildman–Crippen MR) is 227 cm³/mol. The fourth-order valence-corrected chi connectivity index (χ4v) is 9.77. The molecule has 0 aliphatic carbocycles. The second-order valence-electron chi connectivity index (χ2n) is 14.8. The molecule has 1 aromatic heterocycles. The van der Waals surface area contributed by atoms with Crippen molar-refractivity contribution in [2.24, 2.45) is 0 Å². The van der Waals surface area contributed by atoms with E-state index in [9.17, 15) is 0 Å². The Bertz CT molecular complexity index is 3640. The molecule has 0 N–H and O–H groups in total.